The van der Waals surface area contributed by atoms with Gasteiger partial charge in [0.15, 0.2) is 0 Å². The molecular formula is C2F4Li6O14P4. The van der Waals surface area contributed by atoms with Crippen molar-refractivity contribution in [2.45, 2.75) is 0 Å². The zero-order chi connectivity index (χ0) is 20.6. The normalized spacial score (nSPS) is 12.7. The first-order valence-corrected chi connectivity index (χ1v) is 9.67. The molecule has 0 bridgehead atoms. The van der Waals surface area contributed by atoms with Crippen molar-refractivity contribution in [1.82, 2.24) is 0 Å². The molecule has 0 N–H and O–H groups in total. The smallest absolute Gasteiger partial charge is 0.786 e. The third kappa shape index (κ3) is 96.7. The van der Waals surface area contributed by atoms with Crippen molar-refractivity contribution in [3.63, 3.8) is 0 Å². The molecule has 0 rings (SSSR count). The molecule has 0 fully saturated rings. The van der Waals surface area contributed by atoms with Crippen LogP contribution in [0.25, 0.3) is 0 Å². The Morgan fingerprint density at radius 3 is 0.667 bits per heavy atom. The Hall–Kier alpha value is 2.92. The van der Waals surface area contributed by atoms with E-state index in [0.717, 1.165) is 0 Å². The second-order valence-corrected chi connectivity index (χ2v) is 6.29. The van der Waals surface area contributed by atoms with Gasteiger partial charge in [-0.3, -0.25) is 9.13 Å². The molecule has 14 nitrogen and oxygen atoms in total. The number of rotatable bonds is 2. The Balaban J connectivity index is -0.0000000340. The fourth-order valence-electron chi connectivity index (χ4n) is 0.273. The molecule has 0 aliphatic heterocycles. The Morgan fingerprint density at radius 2 is 0.600 bits per heavy atom. The van der Waals surface area contributed by atoms with E-state index < -0.39 is 43.6 Å². The number of carbonyl (C=O) groups excluding carboxylic acids is 2. The van der Waals surface area contributed by atoms with Crippen molar-refractivity contribution in [3.05, 3.63) is 0 Å². The van der Waals surface area contributed by atoms with Gasteiger partial charge in [-0.25, -0.2) is 18.0 Å². The van der Waals surface area contributed by atoms with Gasteiger partial charge in [-0.1, -0.05) is 0 Å². The third-order valence-electron chi connectivity index (χ3n) is 0.551. The average molecular weight is 490 g/mol. The van der Waals surface area contributed by atoms with Crippen molar-refractivity contribution < 1.29 is 196 Å². The maximum Gasteiger partial charge on any atom is 1.00 e. The molecule has 0 saturated carbocycles. The topological polar surface area (TPSA) is 259 Å². The van der Waals surface area contributed by atoms with Crippen molar-refractivity contribution in [1.29, 1.82) is 0 Å². The molecule has 2 unspecified atom stereocenters. The summed E-state index contributed by atoms with van der Waals surface area (Å²) < 4.78 is 84.9. The standard InChI is InChI=1S/C2H2F2O8P2.2FH2O3P.6Li/c3-13(7,8)11-1(5)2(6)12-14(4,9)10;2*1-5(2,3)4;;;;;;/h(H,7,8)(H,9,10);2*(H2,2,3,4);;;;;;/q;;;6*+1/p-6. The SMILES string of the molecule is O=C(OP(=O)([O-])F)C(=O)OP(=O)([O-])F.O=P([O-])([O-])F.O=P([O-])([O-])F.[Li+].[Li+].[Li+].[Li+].[Li+].[Li+]. The molecule has 0 aromatic carbocycles. The maximum atomic E-state index is 11.5. The molecule has 0 aromatic heterocycles. The molecule has 0 saturated heterocycles. The van der Waals surface area contributed by atoms with E-state index in [4.69, 9.17) is 28.7 Å². The van der Waals surface area contributed by atoms with Gasteiger partial charge in [0.05, 0.1) is 0 Å². The van der Waals surface area contributed by atoms with Crippen molar-refractivity contribution in [2.75, 3.05) is 0 Å². The van der Waals surface area contributed by atoms with Gasteiger partial charge in [0.1, 0.15) is 15.8 Å². The van der Waals surface area contributed by atoms with Gasteiger partial charge in [-0.15, -0.1) is 0 Å². The van der Waals surface area contributed by atoms with Crippen LogP contribution in [0.15, 0.2) is 0 Å². The predicted octanol–water partition coefficient (Wildman–Crippen LogP) is -21.5. The Labute approximate surface area is 237 Å². The number of hydrogen-bond acceptors (Lipinski definition) is 14. The van der Waals surface area contributed by atoms with Crippen LogP contribution in [-0.2, 0) is 36.9 Å². The van der Waals surface area contributed by atoms with Gasteiger partial charge in [0.25, 0.3) is 0 Å². The maximum absolute atomic E-state index is 11.5. The number of hydrogen-bond donors (Lipinski definition) is 0. The van der Waals surface area contributed by atoms with Crippen LogP contribution in [0.3, 0.4) is 0 Å². The minimum atomic E-state index is -6.06. The summed E-state index contributed by atoms with van der Waals surface area (Å²) in [5.41, 5.74) is 0. The molecule has 0 amide bonds. The zero-order valence-electron chi connectivity index (χ0n) is 16.0. The molecule has 0 aromatic rings. The largest absolute Gasteiger partial charge is 1.00 e. The third-order valence-corrected chi connectivity index (χ3v) is 1.32. The van der Waals surface area contributed by atoms with Crippen LogP contribution in [-0.4, -0.2) is 11.9 Å². The van der Waals surface area contributed by atoms with Gasteiger partial charge >= 0.3 is 141 Å². The van der Waals surface area contributed by atoms with Crippen LogP contribution < -0.4 is 143 Å². The van der Waals surface area contributed by atoms with Gasteiger partial charge in [-0.05, 0) is 0 Å². The summed E-state index contributed by atoms with van der Waals surface area (Å²) in [5.74, 6) is -5.03. The minimum Gasteiger partial charge on any atom is -0.786 e. The predicted molar refractivity (Wildman–Crippen MR) is 47.0 cm³/mol. The molecule has 0 radical (unpaired) electrons. The van der Waals surface area contributed by atoms with E-state index in [1.165, 1.54) is 0 Å². The summed E-state index contributed by atoms with van der Waals surface area (Å²) >= 11 is 0. The van der Waals surface area contributed by atoms with Gasteiger partial charge < -0.3 is 47.5 Å². The van der Waals surface area contributed by atoms with Gasteiger partial charge in [0, 0.05) is 0 Å². The number of carbonyl (C=O) groups is 2. The van der Waals surface area contributed by atoms with Crippen molar-refractivity contribution in [3.8, 4) is 0 Å². The molecule has 0 aliphatic rings. The van der Waals surface area contributed by atoms with Crippen LogP contribution in [0, 0.1) is 0 Å². The summed E-state index contributed by atoms with van der Waals surface area (Å²) in [4.78, 5) is 73.1. The summed E-state index contributed by atoms with van der Waals surface area (Å²) in [5, 5.41) is 0. The zero-order valence-corrected chi connectivity index (χ0v) is 19.6. The number of halogens is 4. The molecular weight excluding hydrogens is 490 g/mol. The van der Waals surface area contributed by atoms with Crippen molar-refractivity contribution in [2.24, 2.45) is 0 Å². The minimum absolute atomic E-state index is 0. The first kappa shape index (κ1) is 58.6. The summed E-state index contributed by atoms with van der Waals surface area (Å²) in [6, 6.07) is 0. The molecule has 30 heavy (non-hydrogen) atoms. The molecule has 28 heteroatoms. The molecule has 0 aliphatic carbocycles. The summed E-state index contributed by atoms with van der Waals surface area (Å²) in [6.45, 7) is 0. The van der Waals surface area contributed by atoms with E-state index in [1.807, 2.05) is 0 Å². The fraction of sp³-hybridized carbons (Fsp3) is 0. The molecule has 0 heterocycles. The van der Waals surface area contributed by atoms with Crippen LogP contribution in [0.4, 0.5) is 16.8 Å². The van der Waals surface area contributed by atoms with Crippen LogP contribution >= 0.6 is 31.6 Å². The van der Waals surface area contributed by atoms with Gasteiger partial charge in [-0.2, -0.15) is 8.39 Å². The summed E-state index contributed by atoms with van der Waals surface area (Å²) in [7, 11) is -23.4. The average Bonchev–Trinajstić information content (AvgIpc) is 2.05. The Morgan fingerprint density at radius 1 is 0.500 bits per heavy atom. The Kier molecular flexibility index (Phi) is 48.9. The molecule has 2 atom stereocenters. The van der Waals surface area contributed by atoms with E-state index in [9.17, 15) is 45.3 Å². The first-order chi connectivity index (χ1) is 10.0. The summed E-state index contributed by atoms with van der Waals surface area (Å²) in [6.07, 6.45) is 0. The van der Waals surface area contributed by atoms with Crippen LogP contribution in [0.2, 0.25) is 0 Å². The molecule has 146 valence electrons. The van der Waals surface area contributed by atoms with Crippen molar-refractivity contribution >= 4 is 43.6 Å². The Bertz CT molecular complexity index is 555. The quantitative estimate of drug-likeness (QED) is 0.151. The van der Waals surface area contributed by atoms with Gasteiger partial charge in [0.2, 0.25) is 0 Å². The van der Waals surface area contributed by atoms with E-state index in [1.54, 1.807) is 0 Å². The van der Waals surface area contributed by atoms with Crippen LogP contribution in [0.1, 0.15) is 0 Å². The van der Waals surface area contributed by atoms with E-state index in [2.05, 4.69) is 9.05 Å². The second kappa shape index (κ2) is 25.0. The first-order valence-electron chi connectivity index (χ1n) is 3.93. The van der Waals surface area contributed by atoms with E-state index in [0.29, 0.717) is 0 Å². The van der Waals surface area contributed by atoms with E-state index in [-0.39, 0.29) is 113 Å². The van der Waals surface area contributed by atoms with Crippen LogP contribution in [0.5, 0.6) is 0 Å². The molecule has 0 spiro atoms. The fourth-order valence-corrected chi connectivity index (χ4v) is 0.818. The second-order valence-electron chi connectivity index (χ2n) is 2.48. The monoisotopic (exact) mass is 490 g/mol. The van der Waals surface area contributed by atoms with E-state index >= 15 is 0 Å².